The van der Waals surface area contributed by atoms with Gasteiger partial charge in [0.05, 0.1) is 12.2 Å². The van der Waals surface area contributed by atoms with Gasteiger partial charge < -0.3 is 14.6 Å². The molecule has 2 bridgehead atoms. The predicted molar refractivity (Wildman–Crippen MR) is 104 cm³/mol. The zero-order valence-electron chi connectivity index (χ0n) is 16.4. The quantitative estimate of drug-likeness (QED) is 0.789. The van der Waals surface area contributed by atoms with Crippen molar-refractivity contribution >= 4 is 0 Å². The fourth-order valence-corrected chi connectivity index (χ4v) is 6.28. The number of hydrogen-bond acceptors (Lipinski definition) is 3. The Kier molecular flexibility index (Phi) is 5.15. The Balaban J connectivity index is 1.55. The molecule has 1 N–H and O–H groups in total. The van der Waals surface area contributed by atoms with E-state index in [0.29, 0.717) is 42.7 Å². The molecule has 6 atom stereocenters. The number of rotatable bonds is 3. The van der Waals surface area contributed by atoms with Crippen LogP contribution in [0.5, 0.6) is 0 Å². The van der Waals surface area contributed by atoms with Crippen LogP contribution in [0, 0.1) is 23.2 Å². The lowest BCUT2D eigenvalue weighted by molar-refractivity contribution is -0.170. The summed E-state index contributed by atoms with van der Waals surface area (Å²) in [5.74, 6) is 1.74. The van der Waals surface area contributed by atoms with Gasteiger partial charge in [-0.15, -0.1) is 0 Å². The van der Waals surface area contributed by atoms with Crippen molar-refractivity contribution in [3.63, 3.8) is 0 Å². The van der Waals surface area contributed by atoms with Crippen LogP contribution in [0.25, 0.3) is 0 Å². The Bertz CT molecular complexity index is 619. The van der Waals surface area contributed by atoms with Crippen LogP contribution in [0.3, 0.4) is 0 Å². The summed E-state index contributed by atoms with van der Waals surface area (Å²) in [5, 5.41) is 9.69. The minimum Gasteiger partial charge on any atom is -0.396 e. The molecule has 1 saturated heterocycles. The van der Waals surface area contributed by atoms with Crippen LogP contribution in [-0.4, -0.2) is 30.7 Å². The van der Waals surface area contributed by atoms with E-state index in [9.17, 15) is 5.11 Å². The van der Waals surface area contributed by atoms with Gasteiger partial charge in [-0.25, -0.2) is 0 Å². The maximum absolute atomic E-state index is 9.69. The maximum atomic E-state index is 9.69. The van der Waals surface area contributed by atoms with Crippen LogP contribution in [0.1, 0.15) is 58.8 Å². The van der Waals surface area contributed by atoms with E-state index in [1.165, 1.54) is 37.7 Å². The van der Waals surface area contributed by atoms with Crippen molar-refractivity contribution in [2.24, 2.45) is 23.2 Å². The van der Waals surface area contributed by atoms with Crippen molar-refractivity contribution in [2.75, 3.05) is 13.4 Å². The monoisotopic (exact) mass is 358 g/mol. The van der Waals surface area contributed by atoms with E-state index < -0.39 is 0 Å². The molecule has 3 aliphatic carbocycles. The molecule has 4 fully saturated rings. The molecule has 0 spiro atoms. The van der Waals surface area contributed by atoms with E-state index in [4.69, 9.17) is 9.47 Å². The minimum atomic E-state index is 0.144. The van der Waals surface area contributed by atoms with E-state index in [2.05, 4.69) is 32.6 Å². The van der Waals surface area contributed by atoms with Crippen molar-refractivity contribution in [1.82, 2.24) is 0 Å². The molecular formula is C23H34O3. The highest BCUT2D eigenvalue weighted by atomic mass is 16.7. The molecule has 1 unspecified atom stereocenters. The number of hydrogen-bond donors (Lipinski definition) is 1. The summed E-state index contributed by atoms with van der Waals surface area (Å²) in [4.78, 5) is 0. The van der Waals surface area contributed by atoms with Gasteiger partial charge in [0.1, 0.15) is 6.79 Å². The number of aliphatic hydroxyl groups is 1. The lowest BCUT2D eigenvalue weighted by Gasteiger charge is -2.44. The zero-order valence-corrected chi connectivity index (χ0v) is 16.4. The number of ether oxygens (including phenoxy) is 2. The molecular weight excluding hydrogens is 324 g/mol. The normalized spacial score (nSPS) is 44.3. The van der Waals surface area contributed by atoms with Gasteiger partial charge in [0.15, 0.2) is 0 Å². The van der Waals surface area contributed by atoms with E-state index >= 15 is 0 Å². The van der Waals surface area contributed by atoms with Crippen LogP contribution >= 0.6 is 0 Å². The summed E-state index contributed by atoms with van der Waals surface area (Å²) < 4.78 is 11.4. The van der Waals surface area contributed by atoms with Gasteiger partial charge in [0.2, 0.25) is 0 Å². The molecule has 1 aliphatic heterocycles. The molecule has 144 valence electrons. The lowest BCUT2D eigenvalue weighted by atomic mass is 9.61. The third kappa shape index (κ3) is 3.12. The SMILES string of the molecule is C=C1/C(=C\C=C2/CCC[C@@]3(C)C2CC[C@@H]3[C@H](C)CO)C[C@@H]2C[C@@H]1OCO2. The van der Waals surface area contributed by atoms with Crippen LogP contribution in [0.15, 0.2) is 35.5 Å². The zero-order chi connectivity index (χ0) is 18.3. The third-order valence-corrected chi connectivity index (χ3v) is 7.81. The molecule has 3 saturated carbocycles. The Labute approximate surface area is 158 Å². The molecule has 1 heterocycles. The van der Waals surface area contributed by atoms with Crippen LogP contribution in [0.4, 0.5) is 0 Å². The first-order valence-corrected chi connectivity index (χ1v) is 10.5. The van der Waals surface area contributed by atoms with Crippen molar-refractivity contribution in [2.45, 2.75) is 71.0 Å². The number of allylic oxidation sites excluding steroid dienone is 3. The number of fused-ring (bicyclic) bond motifs is 3. The predicted octanol–water partition coefficient (Wildman–Crippen LogP) is 4.78. The van der Waals surface area contributed by atoms with Gasteiger partial charge in [0.25, 0.3) is 0 Å². The van der Waals surface area contributed by atoms with Crippen molar-refractivity contribution in [1.29, 1.82) is 0 Å². The molecule has 0 aromatic heterocycles. The van der Waals surface area contributed by atoms with Gasteiger partial charge in [-0.1, -0.05) is 38.2 Å². The van der Waals surface area contributed by atoms with Crippen molar-refractivity contribution in [3.05, 3.63) is 35.5 Å². The molecule has 4 aliphatic rings. The van der Waals surface area contributed by atoms with E-state index in [-0.39, 0.29) is 6.10 Å². The standard InChI is InChI=1S/C23H34O3/c1-15(13-24)20-8-9-21-17(5-4-10-23(20,21)3)6-7-18-11-19-12-22(16(18)2)26-14-25-19/h6-7,15,19-22,24H,2,4-5,8-14H2,1,3H3/b17-6+,18-7-/t15-,19-,20-,21?,22+,23-/m1/s1. The summed E-state index contributed by atoms with van der Waals surface area (Å²) in [6.45, 7) is 9.73. The summed E-state index contributed by atoms with van der Waals surface area (Å²) in [7, 11) is 0. The van der Waals surface area contributed by atoms with Crippen LogP contribution < -0.4 is 0 Å². The Hall–Kier alpha value is -0.900. The average Bonchev–Trinajstić information content (AvgIpc) is 3.01. The molecule has 0 aromatic rings. The molecule has 0 radical (unpaired) electrons. The maximum Gasteiger partial charge on any atom is 0.147 e. The van der Waals surface area contributed by atoms with Gasteiger partial charge >= 0.3 is 0 Å². The lowest BCUT2D eigenvalue weighted by Crippen LogP contribution is -2.37. The topological polar surface area (TPSA) is 38.7 Å². The molecule has 0 aromatic carbocycles. The third-order valence-electron chi connectivity index (χ3n) is 7.81. The Morgan fingerprint density at radius 2 is 2.15 bits per heavy atom. The van der Waals surface area contributed by atoms with E-state index in [1.54, 1.807) is 5.57 Å². The Morgan fingerprint density at radius 3 is 2.96 bits per heavy atom. The highest BCUT2D eigenvalue weighted by molar-refractivity contribution is 5.39. The molecule has 26 heavy (non-hydrogen) atoms. The number of aliphatic hydroxyl groups excluding tert-OH is 1. The second kappa shape index (κ2) is 7.26. The Morgan fingerprint density at radius 1 is 1.31 bits per heavy atom. The summed E-state index contributed by atoms with van der Waals surface area (Å²) in [6, 6.07) is 0. The van der Waals surface area contributed by atoms with Crippen molar-refractivity contribution < 1.29 is 14.6 Å². The largest absolute Gasteiger partial charge is 0.396 e. The second-order valence-corrected chi connectivity index (χ2v) is 9.22. The molecule has 3 nitrogen and oxygen atoms in total. The van der Waals surface area contributed by atoms with Crippen molar-refractivity contribution in [3.8, 4) is 0 Å². The first-order chi connectivity index (χ1) is 12.5. The fraction of sp³-hybridized carbons (Fsp3) is 0.739. The van der Waals surface area contributed by atoms with Gasteiger partial charge in [0, 0.05) is 13.0 Å². The fourth-order valence-electron chi connectivity index (χ4n) is 6.28. The van der Waals surface area contributed by atoms with Gasteiger partial charge in [-0.05, 0) is 72.8 Å². The average molecular weight is 359 g/mol. The van der Waals surface area contributed by atoms with Gasteiger partial charge in [-0.2, -0.15) is 0 Å². The molecule has 0 amide bonds. The molecule has 4 rings (SSSR count). The smallest absolute Gasteiger partial charge is 0.147 e. The highest BCUT2D eigenvalue weighted by Gasteiger charge is 2.50. The second-order valence-electron chi connectivity index (χ2n) is 9.22. The van der Waals surface area contributed by atoms with E-state index in [0.717, 1.165) is 18.4 Å². The van der Waals surface area contributed by atoms with Gasteiger partial charge in [-0.3, -0.25) is 0 Å². The first kappa shape index (κ1) is 18.5. The summed E-state index contributed by atoms with van der Waals surface area (Å²) in [5.41, 5.74) is 4.43. The summed E-state index contributed by atoms with van der Waals surface area (Å²) in [6.07, 6.45) is 13.4. The minimum absolute atomic E-state index is 0.144. The molecule has 3 heteroatoms. The van der Waals surface area contributed by atoms with E-state index in [1.807, 2.05) is 0 Å². The van der Waals surface area contributed by atoms with Crippen LogP contribution in [-0.2, 0) is 9.47 Å². The first-order valence-electron chi connectivity index (χ1n) is 10.5. The summed E-state index contributed by atoms with van der Waals surface area (Å²) >= 11 is 0. The van der Waals surface area contributed by atoms with Crippen LogP contribution in [0.2, 0.25) is 0 Å². The highest BCUT2D eigenvalue weighted by Crippen LogP contribution is 2.59.